The van der Waals surface area contributed by atoms with E-state index in [0.717, 1.165) is 0 Å². The quantitative estimate of drug-likeness (QED) is 0.341. The van der Waals surface area contributed by atoms with Gasteiger partial charge in [0.15, 0.2) is 22.9 Å². The molecule has 0 radical (unpaired) electrons. The highest BCUT2D eigenvalue weighted by atomic mass is 31.2. The minimum absolute atomic E-state index is 0.104. The van der Waals surface area contributed by atoms with Gasteiger partial charge in [0.25, 0.3) is 0 Å². The third-order valence-electron chi connectivity index (χ3n) is 6.55. The van der Waals surface area contributed by atoms with E-state index in [-0.39, 0.29) is 22.6 Å². The Morgan fingerprint density at radius 1 is 1.00 bits per heavy atom. The maximum atomic E-state index is 12.0. The lowest BCUT2D eigenvalue weighted by Gasteiger charge is -2.41. The third kappa shape index (κ3) is 8.01. The fourth-order valence-electron chi connectivity index (χ4n) is 2.64. The van der Waals surface area contributed by atoms with Crippen molar-refractivity contribution in [2.24, 2.45) is 0 Å². The molecule has 0 saturated carbocycles. The molecule has 1 aliphatic rings. The number of nitrogens with one attached hydrogen (secondary N) is 1. The van der Waals surface area contributed by atoms with Gasteiger partial charge in [-0.2, -0.15) is 0 Å². The highest BCUT2D eigenvalue weighted by Gasteiger charge is 2.53. The maximum Gasteiger partial charge on any atom is 0.469 e. The Bertz CT molecular complexity index is 683. The van der Waals surface area contributed by atoms with E-state index in [1.165, 1.54) is 6.92 Å². The largest absolute Gasteiger partial charge is 0.469 e. The van der Waals surface area contributed by atoms with Crippen LogP contribution in [0.3, 0.4) is 0 Å². The van der Waals surface area contributed by atoms with Gasteiger partial charge in [-0.1, -0.05) is 41.5 Å². The molecule has 31 heavy (non-hydrogen) atoms. The van der Waals surface area contributed by atoms with Crippen LogP contribution in [-0.4, -0.2) is 63.5 Å². The first-order chi connectivity index (χ1) is 13.6. The molecular formula is C19H42NO8PSi2. The summed E-state index contributed by atoms with van der Waals surface area (Å²) in [6.07, 6.45) is -2.30. The molecule has 0 aliphatic carbocycles. The van der Waals surface area contributed by atoms with Crippen molar-refractivity contribution in [2.75, 3.05) is 6.61 Å². The number of ether oxygens (including phenoxy) is 1. The Morgan fingerprint density at radius 2 is 1.45 bits per heavy atom. The molecule has 12 heteroatoms. The van der Waals surface area contributed by atoms with Gasteiger partial charge in [-0.3, -0.25) is 9.32 Å². The number of rotatable bonds is 8. The van der Waals surface area contributed by atoms with Crippen molar-refractivity contribution >= 4 is 30.4 Å². The van der Waals surface area contributed by atoms with E-state index in [1.807, 2.05) is 0 Å². The van der Waals surface area contributed by atoms with Crippen molar-refractivity contribution in [2.45, 2.75) is 109 Å². The zero-order chi connectivity index (χ0) is 24.6. The fraction of sp³-hybridized carbons (Fsp3) is 0.947. The van der Waals surface area contributed by atoms with Crippen LogP contribution in [0.25, 0.3) is 0 Å². The molecule has 1 amide bonds. The second-order valence-corrected chi connectivity index (χ2v) is 22.0. The topological polar surface area (TPSA) is 124 Å². The molecule has 0 aromatic heterocycles. The maximum absolute atomic E-state index is 12.0. The summed E-state index contributed by atoms with van der Waals surface area (Å²) in [6.45, 7) is 21.9. The lowest BCUT2D eigenvalue weighted by Crippen LogP contribution is -2.56. The van der Waals surface area contributed by atoms with E-state index >= 15 is 0 Å². The number of phosphoric ester groups is 1. The minimum Gasteiger partial charge on any atom is -0.409 e. The van der Waals surface area contributed by atoms with Crippen LogP contribution in [0.2, 0.25) is 36.3 Å². The van der Waals surface area contributed by atoms with Crippen molar-refractivity contribution in [3.63, 3.8) is 0 Å². The van der Waals surface area contributed by atoms with E-state index in [4.69, 9.17) is 18.1 Å². The summed E-state index contributed by atoms with van der Waals surface area (Å²) < 4.78 is 35.2. The van der Waals surface area contributed by atoms with Gasteiger partial charge in [-0.05, 0) is 36.3 Å². The Morgan fingerprint density at radius 3 is 1.84 bits per heavy atom. The molecule has 1 heterocycles. The Hall–Kier alpha value is -0.106. The summed E-state index contributed by atoms with van der Waals surface area (Å²) in [5, 5.41) is 2.67. The van der Waals surface area contributed by atoms with Crippen molar-refractivity contribution in [1.29, 1.82) is 0 Å². The first-order valence-corrected chi connectivity index (χ1v) is 17.9. The molecule has 1 rings (SSSR count). The molecule has 0 spiro atoms. The zero-order valence-corrected chi connectivity index (χ0v) is 23.7. The number of hydrogen-bond acceptors (Lipinski definition) is 6. The number of carbonyl (C=O) groups is 1. The van der Waals surface area contributed by atoms with Crippen molar-refractivity contribution < 1.29 is 37.3 Å². The Labute approximate surface area is 189 Å². The van der Waals surface area contributed by atoms with Gasteiger partial charge in [0.05, 0.1) is 12.7 Å². The first-order valence-electron chi connectivity index (χ1n) is 10.6. The summed E-state index contributed by atoms with van der Waals surface area (Å²) in [5.74, 6) is -0.266. The normalized spacial score (nSPS) is 26.2. The fourth-order valence-corrected chi connectivity index (χ4v) is 5.45. The van der Waals surface area contributed by atoms with Crippen LogP contribution in [-0.2, 0) is 27.5 Å². The van der Waals surface area contributed by atoms with Gasteiger partial charge in [0.1, 0.15) is 12.1 Å². The molecule has 4 atom stereocenters. The molecule has 184 valence electrons. The molecule has 0 bridgehead atoms. The molecule has 1 saturated heterocycles. The second kappa shape index (κ2) is 9.64. The van der Waals surface area contributed by atoms with Crippen molar-refractivity contribution in [1.82, 2.24) is 5.32 Å². The van der Waals surface area contributed by atoms with Crippen molar-refractivity contribution in [3.05, 3.63) is 0 Å². The number of hydrogen-bond donors (Lipinski definition) is 3. The van der Waals surface area contributed by atoms with Crippen LogP contribution < -0.4 is 5.32 Å². The average Bonchev–Trinajstić information content (AvgIpc) is 2.78. The van der Waals surface area contributed by atoms with Crippen LogP contribution in [0.15, 0.2) is 0 Å². The minimum atomic E-state index is -4.71. The summed E-state index contributed by atoms with van der Waals surface area (Å²) >= 11 is 0. The van der Waals surface area contributed by atoms with Crippen LogP contribution in [0.4, 0.5) is 0 Å². The summed E-state index contributed by atoms with van der Waals surface area (Å²) in [5.41, 5.74) is 0. The average molecular weight is 500 g/mol. The second-order valence-electron chi connectivity index (χ2n) is 11.3. The molecule has 0 aromatic carbocycles. The van der Waals surface area contributed by atoms with Crippen LogP contribution in [0, 0.1) is 0 Å². The van der Waals surface area contributed by atoms with Crippen LogP contribution in [0.1, 0.15) is 48.5 Å². The zero-order valence-electron chi connectivity index (χ0n) is 20.8. The van der Waals surface area contributed by atoms with Gasteiger partial charge in [0, 0.05) is 6.92 Å². The summed E-state index contributed by atoms with van der Waals surface area (Å²) in [4.78, 5) is 30.4. The van der Waals surface area contributed by atoms with E-state index in [1.54, 1.807) is 0 Å². The van der Waals surface area contributed by atoms with Crippen LogP contribution in [0.5, 0.6) is 0 Å². The highest BCUT2D eigenvalue weighted by Crippen LogP contribution is 2.44. The molecule has 9 nitrogen and oxygen atoms in total. The van der Waals surface area contributed by atoms with Crippen LogP contribution >= 0.6 is 7.82 Å². The highest BCUT2D eigenvalue weighted by molar-refractivity contribution is 7.46. The molecule has 1 fully saturated rings. The third-order valence-corrected chi connectivity index (χ3v) is 15.9. The molecule has 1 unspecified atom stereocenters. The molecule has 1 aliphatic heterocycles. The van der Waals surface area contributed by atoms with E-state index in [2.05, 4.69) is 73.0 Å². The number of phosphoric acid groups is 1. The number of carbonyl (C=O) groups excluding carboxylic acids is 1. The van der Waals surface area contributed by atoms with Gasteiger partial charge in [-0.25, -0.2) is 4.57 Å². The smallest absolute Gasteiger partial charge is 0.409 e. The predicted octanol–water partition coefficient (Wildman–Crippen LogP) is 3.74. The predicted molar refractivity (Wildman–Crippen MR) is 125 cm³/mol. The number of amides is 1. The molecule has 3 N–H and O–H groups in total. The first kappa shape index (κ1) is 28.9. The summed E-state index contributed by atoms with van der Waals surface area (Å²) in [6, 6.07) is -0.633. The molecular weight excluding hydrogens is 457 g/mol. The van der Waals surface area contributed by atoms with Gasteiger partial charge < -0.3 is 28.7 Å². The monoisotopic (exact) mass is 499 g/mol. The lowest BCUT2D eigenvalue weighted by atomic mass is 10.1. The Kier molecular flexibility index (Phi) is 8.99. The Balaban J connectivity index is 3.33. The van der Waals surface area contributed by atoms with E-state index < -0.39 is 49.0 Å². The lowest BCUT2D eigenvalue weighted by molar-refractivity contribution is -0.124. The SMILES string of the molecule is CC(=O)NC1[C@H](O[Si](C)(C)C(C)(C)C)O[C@H](COP(=O)(O)O)[C@@H]1O[Si](C)(C)C(C)(C)C. The standard InChI is InChI=1S/C19H42NO8PSi2/c1-13(21)20-15-16(27-30(8,9)18(2,3)4)14(12-25-29(22,23)24)26-17(15)28-31(10,11)19(5,6)7/h14-17H,12H2,1-11H3,(H,20,21)(H2,22,23,24)/t14-,15?,16+,17+/m1/s1. The molecule has 0 aromatic rings. The van der Waals surface area contributed by atoms with Gasteiger partial charge >= 0.3 is 7.82 Å². The van der Waals surface area contributed by atoms with Gasteiger partial charge in [-0.15, -0.1) is 0 Å². The van der Waals surface area contributed by atoms with E-state index in [9.17, 15) is 19.1 Å². The van der Waals surface area contributed by atoms with Crippen molar-refractivity contribution in [3.8, 4) is 0 Å². The van der Waals surface area contributed by atoms with Gasteiger partial charge in [0.2, 0.25) is 5.91 Å². The van der Waals surface area contributed by atoms with E-state index in [0.29, 0.717) is 0 Å². The summed E-state index contributed by atoms with van der Waals surface area (Å²) in [7, 11) is -9.33.